The van der Waals surface area contributed by atoms with Gasteiger partial charge in [0, 0.05) is 32.4 Å². The van der Waals surface area contributed by atoms with E-state index in [-0.39, 0.29) is 0 Å². The number of piperidine rings is 1. The van der Waals surface area contributed by atoms with Gasteiger partial charge < -0.3 is 4.90 Å². The van der Waals surface area contributed by atoms with Gasteiger partial charge in [-0.15, -0.1) is 0 Å². The Bertz CT molecular complexity index is 329. The summed E-state index contributed by atoms with van der Waals surface area (Å²) in [6.07, 6.45) is 7.29. The van der Waals surface area contributed by atoms with Gasteiger partial charge in [-0.2, -0.15) is 0 Å². The maximum absolute atomic E-state index is 12.2. The topological polar surface area (TPSA) is 37.4 Å². The second-order valence-electron chi connectivity index (χ2n) is 6.06. The van der Waals surface area contributed by atoms with Crippen LogP contribution in [0.3, 0.4) is 0 Å². The van der Waals surface area contributed by atoms with E-state index in [0.29, 0.717) is 43.5 Å². The number of likely N-dealkylation sites (tertiary alicyclic amines) is 1. The number of Topliss-reactive ketones (excluding diaryl/α,β-unsaturated/α-hetero) is 1. The average Bonchev–Trinajstić information content (AvgIpc) is 2.91. The number of ketones is 1. The highest BCUT2D eigenvalue weighted by Crippen LogP contribution is 2.49. The number of carbonyl (C=O) groups is 2. The van der Waals surface area contributed by atoms with Crippen molar-refractivity contribution in [3.8, 4) is 0 Å². The molecule has 1 heterocycles. The Kier molecular flexibility index (Phi) is 2.93. The Morgan fingerprint density at radius 1 is 1.18 bits per heavy atom. The largest absolute Gasteiger partial charge is 0.342 e. The second-order valence-corrected chi connectivity index (χ2v) is 6.06. The zero-order valence-corrected chi connectivity index (χ0v) is 10.4. The van der Waals surface area contributed by atoms with E-state index in [1.165, 1.54) is 25.7 Å². The molecule has 3 rings (SSSR count). The fraction of sp³-hybridized carbons (Fsp3) is 0.857. The Morgan fingerprint density at radius 3 is 2.53 bits per heavy atom. The van der Waals surface area contributed by atoms with Crippen molar-refractivity contribution in [3.63, 3.8) is 0 Å². The Labute approximate surface area is 103 Å². The van der Waals surface area contributed by atoms with Crippen molar-refractivity contribution < 1.29 is 9.59 Å². The highest BCUT2D eigenvalue weighted by atomic mass is 16.2. The standard InChI is InChI=1S/C14H21NO2/c16-13-3-5-15(6-4-13)14(17)9-12-8-10-1-2-11(12)7-10/h10-12H,1-9H2. The van der Waals surface area contributed by atoms with Gasteiger partial charge in [-0.3, -0.25) is 9.59 Å². The molecule has 3 atom stereocenters. The molecular weight excluding hydrogens is 214 g/mol. The molecule has 2 saturated carbocycles. The van der Waals surface area contributed by atoms with Crippen LogP contribution in [0.4, 0.5) is 0 Å². The molecule has 0 aromatic heterocycles. The van der Waals surface area contributed by atoms with Gasteiger partial charge in [0.25, 0.3) is 0 Å². The molecule has 0 spiro atoms. The number of hydrogen-bond donors (Lipinski definition) is 0. The molecule has 0 aromatic rings. The summed E-state index contributed by atoms with van der Waals surface area (Å²) >= 11 is 0. The zero-order valence-electron chi connectivity index (χ0n) is 10.4. The highest BCUT2D eigenvalue weighted by Gasteiger charge is 2.40. The molecular formula is C14H21NO2. The average molecular weight is 235 g/mol. The molecule has 3 nitrogen and oxygen atoms in total. The number of rotatable bonds is 2. The third-order valence-electron chi connectivity index (χ3n) is 5.00. The van der Waals surface area contributed by atoms with Crippen molar-refractivity contribution >= 4 is 11.7 Å². The van der Waals surface area contributed by atoms with Crippen molar-refractivity contribution in [2.75, 3.05) is 13.1 Å². The summed E-state index contributed by atoms with van der Waals surface area (Å²) in [5, 5.41) is 0. The first kappa shape index (κ1) is 11.2. The van der Waals surface area contributed by atoms with Gasteiger partial charge in [0.15, 0.2) is 0 Å². The van der Waals surface area contributed by atoms with E-state index in [1.807, 2.05) is 4.90 Å². The lowest BCUT2D eigenvalue weighted by molar-refractivity contribution is -0.135. The summed E-state index contributed by atoms with van der Waals surface area (Å²) in [5.41, 5.74) is 0. The van der Waals surface area contributed by atoms with Gasteiger partial charge >= 0.3 is 0 Å². The Hall–Kier alpha value is -0.860. The van der Waals surface area contributed by atoms with Crippen LogP contribution in [0.1, 0.15) is 44.9 Å². The lowest BCUT2D eigenvalue weighted by Gasteiger charge is -2.29. The third kappa shape index (κ3) is 2.24. The van der Waals surface area contributed by atoms with Crippen LogP contribution in [0.25, 0.3) is 0 Å². The fourth-order valence-electron chi connectivity index (χ4n) is 3.99. The van der Waals surface area contributed by atoms with Crippen molar-refractivity contribution in [1.29, 1.82) is 0 Å². The summed E-state index contributed by atoms with van der Waals surface area (Å²) in [6, 6.07) is 0. The van der Waals surface area contributed by atoms with E-state index < -0.39 is 0 Å². The minimum absolute atomic E-state index is 0.301. The van der Waals surface area contributed by atoms with E-state index in [1.54, 1.807) is 0 Å². The molecule has 3 unspecified atom stereocenters. The van der Waals surface area contributed by atoms with Crippen LogP contribution in [-0.4, -0.2) is 29.7 Å². The van der Waals surface area contributed by atoms with E-state index in [9.17, 15) is 9.59 Å². The molecule has 17 heavy (non-hydrogen) atoms. The molecule has 1 saturated heterocycles. The first-order valence-corrected chi connectivity index (χ1v) is 7.02. The molecule has 3 heteroatoms. The molecule has 1 aliphatic heterocycles. The van der Waals surface area contributed by atoms with E-state index >= 15 is 0 Å². The van der Waals surface area contributed by atoms with Gasteiger partial charge in [-0.1, -0.05) is 6.42 Å². The number of fused-ring (bicyclic) bond motifs is 2. The molecule has 2 aliphatic carbocycles. The molecule has 0 N–H and O–H groups in total. The van der Waals surface area contributed by atoms with Crippen molar-refractivity contribution in [2.24, 2.45) is 17.8 Å². The van der Waals surface area contributed by atoms with Crippen LogP contribution >= 0.6 is 0 Å². The predicted molar refractivity (Wildman–Crippen MR) is 64.4 cm³/mol. The molecule has 3 aliphatic rings. The highest BCUT2D eigenvalue weighted by molar-refractivity contribution is 5.83. The molecule has 1 amide bonds. The second kappa shape index (κ2) is 4.43. The van der Waals surface area contributed by atoms with Crippen LogP contribution in [0, 0.1) is 17.8 Å². The molecule has 3 fully saturated rings. The van der Waals surface area contributed by atoms with Gasteiger partial charge in [0.05, 0.1) is 0 Å². The fourth-order valence-corrected chi connectivity index (χ4v) is 3.99. The lowest BCUT2D eigenvalue weighted by atomic mass is 9.86. The minimum atomic E-state index is 0.301. The molecule has 2 bridgehead atoms. The summed E-state index contributed by atoms with van der Waals surface area (Å²) < 4.78 is 0. The Morgan fingerprint density at radius 2 is 1.94 bits per heavy atom. The van der Waals surface area contributed by atoms with E-state index in [2.05, 4.69) is 0 Å². The monoisotopic (exact) mass is 235 g/mol. The van der Waals surface area contributed by atoms with E-state index in [0.717, 1.165) is 18.3 Å². The normalized spacial score (nSPS) is 36.6. The van der Waals surface area contributed by atoms with Gasteiger partial charge in [0.1, 0.15) is 5.78 Å². The first-order valence-electron chi connectivity index (χ1n) is 7.02. The van der Waals surface area contributed by atoms with Gasteiger partial charge in [0.2, 0.25) is 5.91 Å². The van der Waals surface area contributed by atoms with Crippen molar-refractivity contribution in [1.82, 2.24) is 4.90 Å². The number of hydrogen-bond acceptors (Lipinski definition) is 2. The number of carbonyl (C=O) groups excluding carboxylic acids is 2. The third-order valence-corrected chi connectivity index (χ3v) is 5.00. The van der Waals surface area contributed by atoms with E-state index in [4.69, 9.17) is 0 Å². The number of nitrogens with zero attached hydrogens (tertiary/aromatic N) is 1. The minimum Gasteiger partial charge on any atom is -0.342 e. The SMILES string of the molecule is O=C1CCN(C(=O)CC2CC3CCC2C3)CC1. The first-order chi connectivity index (χ1) is 8.22. The lowest BCUT2D eigenvalue weighted by Crippen LogP contribution is -2.39. The summed E-state index contributed by atoms with van der Waals surface area (Å²) in [4.78, 5) is 25.2. The molecule has 0 aromatic carbocycles. The van der Waals surface area contributed by atoms with Gasteiger partial charge in [-0.05, 0) is 37.0 Å². The molecule has 0 radical (unpaired) electrons. The predicted octanol–water partition coefficient (Wildman–Crippen LogP) is 2.00. The summed E-state index contributed by atoms with van der Waals surface area (Å²) in [5.74, 6) is 3.01. The quantitative estimate of drug-likeness (QED) is 0.734. The van der Waals surface area contributed by atoms with Crippen LogP contribution in [0.5, 0.6) is 0 Å². The van der Waals surface area contributed by atoms with Gasteiger partial charge in [-0.25, -0.2) is 0 Å². The van der Waals surface area contributed by atoms with Crippen LogP contribution in [0.2, 0.25) is 0 Å². The zero-order chi connectivity index (χ0) is 11.8. The van der Waals surface area contributed by atoms with Crippen LogP contribution < -0.4 is 0 Å². The summed E-state index contributed by atoms with van der Waals surface area (Å²) in [6.45, 7) is 1.33. The maximum atomic E-state index is 12.2. The Balaban J connectivity index is 1.52. The summed E-state index contributed by atoms with van der Waals surface area (Å²) in [7, 11) is 0. The van der Waals surface area contributed by atoms with Crippen LogP contribution in [-0.2, 0) is 9.59 Å². The smallest absolute Gasteiger partial charge is 0.222 e. The maximum Gasteiger partial charge on any atom is 0.222 e. The molecule has 94 valence electrons. The number of amides is 1. The van der Waals surface area contributed by atoms with Crippen molar-refractivity contribution in [2.45, 2.75) is 44.9 Å². The van der Waals surface area contributed by atoms with Crippen LogP contribution in [0.15, 0.2) is 0 Å². The van der Waals surface area contributed by atoms with Crippen molar-refractivity contribution in [3.05, 3.63) is 0 Å².